The summed E-state index contributed by atoms with van der Waals surface area (Å²) in [7, 11) is 0. The SMILES string of the molecule is CSc1ccccc1OCc1cc(C)c(C(=O)NN)o1. The Morgan fingerprint density at radius 1 is 1.45 bits per heavy atom. The minimum atomic E-state index is -0.446. The number of amides is 1. The highest BCUT2D eigenvalue weighted by molar-refractivity contribution is 7.98. The van der Waals surface area contributed by atoms with Crippen LogP contribution < -0.4 is 16.0 Å². The molecule has 3 N–H and O–H groups in total. The number of nitrogen functional groups attached to an aromatic ring is 1. The van der Waals surface area contributed by atoms with Gasteiger partial charge in [-0.15, -0.1) is 11.8 Å². The molecule has 0 fully saturated rings. The number of aryl methyl sites for hydroxylation is 1. The van der Waals surface area contributed by atoms with Crippen LogP contribution in [0, 0.1) is 6.92 Å². The maximum absolute atomic E-state index is 11.4. The molecule has 0 radical (unpaired) electrons. The Kier molecular flexibility index (Phi) is 4.70. The number of carbonyl (C=O) groups excluding carboxylic acids is 1. The fraction of sp³-hybridized carbons (Fsp3) is 0.214. The molecule has 0 atom stereocenters. The summed E-state index contributed by atoms with van der Waals surface area (Å²) in [6.45, 7) is 2.05. The van der Waals surface area contributed by atoms with Crippen molar-refractivity contribution in [2.45, 2.75) is 18.4 Å². The van der Waals surface area contributed by atoms with Gasteiger partial charge in [-0.25, -0.2) is 5.84 Å². The van der Waals surface area contributed by atoms with E-state index in [1.54, 1.807) is 24.8 Å². The van der Waals surface area contributed by atoms with Crippen LogP contribution in [0.5, 0.6) is 5.75 Å². The third-order valence-corrected chi connectivity index (χ3v) is 3.52. The molecule has 0 aliphatic rings. The van der Waals surface area contributed by atoms with E-state index in [2.05, 4.69) is 5.43 Å². The van der Waals surface area contributed by atoms with Gasteiger partial charge >= 0.3 is 5.91 Å². The standard InChI is InChI=1S/C14H16N2O3S/c1-9-7-10(19-13(9)14(17)16-15)8-18-11-5-3-4-6-12(11)20-2/h3-7H,8,15H2,1-2H3,(H,16,17). The Bertz CT molecular complexity index is 610. The van der Waals surface area contributed by atoms with E-state index >= 15 is 0 Å². The van der Waals surface area contributed by atoms with Crippen molar-refractivity contribution in [3.63, 3.8) is 0 Å². The zero-order valence-corrected chi connectivity index (χ0v) is 12.1. The minimum Gasteiger partial charge on any atom is -0.484 e. The number of para-hydroxylation sites is 1. The summed E-state index contributed by atoms with van der Waals surface area (Å²) in [6, 6.07) is 9.53. The summed E-state index contributed by atoms with van der Waals surface area (Å²) < 4.78 is 11.2. The first-order valence-corrected chi connectivity index (χ1v) is 7.24. The van der Waals surface area contributed by atoms with Crippen LogP contribution in [-0.2, 0) is 6.61 Å². The zero-order chi connectivity index (χ0) is 14.5. The quantitative estimate of drug-likeness (QED) is 0.383. The first-order valence-electron chi connectivity index (χ1n) is 6.01. The molecule has 6 heteroatoms. The predicted molar refractivity (Wildman–Crippen MR) is 77.7 cm³/mol. The van der Waals surface area contributed by atoms with Gasteiger partial charge in [0.25, 0.3) is 0 Å². The smallest absolute Gasteiger partial charge is 0.301 e. The van der Waals surface area contributed by atoms with E-state index < -0.39 is 5.91 Å². The van der Waals surface area contributed by atoms with Gasteiger partial charge in [0.05, 0.1) is 0 Å². The van der Waals surface area contributed by atoms with Crippen LogP contribution in [0.1, 0.15) is 21.9 Å². The fourth-order valence-electron chi connectivity index (χ4n) is 1.80. The predicted octanol–water partition coefficient (Wildman–Crippen LogP) is 2.49. The van der Waals surface area contributed by atoms with Crippen LogP contribution in [0.25, 0.3) is 0 Å². The molecule has 106 valence electrons. The van der Waals surface area contributed by atoms with Crippen LogP contribution >= 0.6 is 11.8 Å². The largest absolute Gasteiger partial charge is 0.484 e. The van der Waals surface area contributed by atoms with Crippen molar-refractivity contribution in [3.05, 3.63) is 47.4 Å². The van der Waals surface area contributed by atoms with Crippen molar-refractivity contribution in [2.75, 3.05) is 6.26 Å². The lowest BCUT2D eigenvalue weighted by Crippen LogP contribution is -2.30. The molecule has 2 rings (SSSR count). The van der Waals surface area contributed by atoms with Gasteiger partial charge in [-0.3, -0.25) is 10.2 Å². The highest BCUT2D eigenvalue weighted by Gasteiger charge is 2.15. The molecule has 1 aromatic heterocycles. The van der Waals surface area contributed by atoms with Crippen LogP contribution in [0.2, 0.25) is 0 Å². The molecule has 0 saturated carbocycles. The summed E-state index contributed by atoms with van der Waals surface area (Å²) in [5.41, 5.74) is 2.78. The lowest BCUT2D eigenvalue weighted by atomic mass is 10.2. The summed E-state index contributed by atoms with van der Waals surface area (Å²) in [5, 5.41) is 0. The van der Waals surface area contributed by atoms with E-state index in [1.807, 2.05) is 30.5 Å². The first-order chi connectivity index (χ1) is 9.65. The van der Waals surface area contributed by atoms with Crippen LogP contribution in [0.15, 0.2) is 39.6 Å². The molecular weight excluding hydrogens is 276 g/mol. The number of hydrogen-bond acceptors (Lipinski definition) is 5. The summed E-state index contributed by atoms with van der Waals surface area (Å²) >= 11 is 1.61. The Morgan fingerprint density at radius 2 is 2.20 bits per heavy atom. The number of carbonyl (C=O) groups is 1. The van der Waals surface area contributed by atoms with Gasteiger partial charge in [-0.05, 0) is 31.4 Å². The van der Waals surface area contributed by atoms with Gasteiger partial charge in [0.1, 0.15) is 18.1 Å². The summed E-state index contributed by atoms with van der Waals surface area (Å²) in [4.78, 5) is 12.5. The van der Waals surface area contributed by atoms with Gasteiger partial charge in [0.2, 0.25) is 0 Å². The number of furan rings is 1. The maximum Gasteiger partial charge on any atom is 0.301 e. The van der Waals surface area contributed by atoms with Gasteiger partial charge in [0.15, 0.2) is 5.76 Å². The number of ether oxygens (including phenoxy) is 1. The summed E-state index contributed by atoms with van der Waals surface area (Å²) in [6.07, 6.45) is 1.99. The molecular formula is C14H16N2O3S. The third kappa shape index (κ3) is 3.15. The molecule has 5 nitrogen and oxygen atoms in total. The molecule has 0 aliphatic heterocycles. The van der Waals surface area contributed by atoms with Crippen LogP contribution in [-0.4, -0.2) is 12.2 Å². The average molecular weight is 292 g/mol. The fourth-order valence-corrected chi connectivity index (χ4v) is 2.34. The Morgan fingerprint density at radius 3 is 2.90 bits per heavy atom. The molecule has 0 unspecified atom stereocenters. The van der Waals surface area contributed by atoms with Gasteiger partial charge in [0, 0.05) is 10.5 Å². The normalized spacial score (nSPS) is 10.3. The number of nitrogens with one attached hydrogen (secondary N) is 1. The van der Waals surface area contributed by atoms with Crippen molar-refractivity contribution in [2.24, 2.45) is 5.84 Å². The molecule has 2 aromatic rings. The van der Waals surface area contributed by atoms with E-state index in [0.717, 1.165) is 16.2 Å². The Balaban J connectivity index is 2.10. The maximum atomic E-state index is 11.4. The second kappa shape index (κ2) is 6.49. The molecule has 0 bridgehead atoms. The molecule has 1 aromatic carbocycles. The average Bonchev–Trinajstić information content (AvgIpc) is 2.85. The van der Waals surface area contributed by atoms with Crippen molar-refractivity contribution >= 4 is 17.7 Å². The molecule has 20 heavy (non-hydrogen) atoms. The summed E-state index contributed by atoms with van der Waals surface area (Å²) in [5.74, 6) is 6.23. The third-order valence-electron chi connectivity index (χ3n) is 2.75. The molecule has 0 saturated heterocycles. The topological polar surface area (TPSA) is 77.5 Å². The van der Waals surface area contributed by atoms with E-state index in [4.69, 9.17) is 15.0 Å². The number of nitrogens with two attached hydrogens (primary N) is 1. The van der Waals surface area contributed by atoms with Crippen molar-refractivity contribution < 1.29 is 13.9 Å². The second-order valence-corrected chi connectivity index (χ2v) is 4.99. The van der Waals surface area contributed by atoms with Crippen LogP contribution in [0.4, 0.5) is 0 Å². The lowest BCUT2D eigenvalue weighted by Gasteiger charge is -2.08. The van der Waals surface area contributed by atoms with Gasteiger partial charge < -0.3 is 9.15 Å². The molecule has 1 amide bonds. The van der Waals surface area contributed by atoms with Crippen LogP contribution in [0.3, 0.4) is 0 Å². The molecule has 0 aliphatic carbocycles. The highest BCUT2D eigenvalue weighted by atomic mass is 32.2. The number of hydrogen-bond donors (Lipinski definition) is 2. The number of thioether (sulfide) groups is 1. The Hall–Kier alpha value is -1.92. The molecule has 1 heterocycles. The number of rotatable bonds is 5. The van der Waals surface area contributed by atoms with Crippen molar-refractivity contribution in [1.29, 1.82) is 0 Å². The zero-order valence-electron chi connectivity index (χ0n) is 11.3. The first kappa shape index (κ1) is 14.5. The Labute approximate surface area is 121 Å². The number of benzene rings is 1. The number of hydrazine groups is 1. The van der Waals surface area contributed by atoms with Crippen molar-refractivity contribution in [1.82, 2.24) is 5.43 Å². The van der Waals surface area contributed by atoms with Gasteiger partial charge in [-0.2, -0.15) is 0 Å². The van der Waals surface area contributed by atoms with E-state index in [0.29, 0.717) is 5.76 Å². The highest BCUT2D eigenvalue weighted by Crippen LogP contribution is 2.28. The van der Waals surface area contributed by atoms with Gasteiger partial charge in [-0.1, -0.05) is 12.1 Å². The monoisotopic (exact) mass is 292 g/mol. The van der Waals surface area contributed by atoms with E-state index in [9.17, 15) is 4.79 Å². The lowest BCUT2D eigenvalue weighted by molar-refractivity contribution is 0.0921. The minimum absolute atomic E-state index is 0.212. The van der Waals surface area contributed by atoms with E-state index in [-0.39, 0.29) is 12.4 Å². The second-order valence-electron chi connectivity index (χ2n) is 4.14. The molecule has 0 spiro atoms. The van der Waals surface area contributed by atoms with Crippen molar-refractivity contribution in [3.8, 4) is 5.75 Å². The van der Waals surface area contributed by atoms with E-state index in [1.165, 1.54) is 0 Å².